The number of hydrogen-bond donors (Lipinski definition) is 1. The Morgan fingerprint density at radius 1 is 0.955 bits per heavy atom. The Morgan fingerprint density at radius 2 is 1.73 bits per heavy atom. The average molecular weight is 306 g/mol. The van der Waals surface area contributed by atoms with Crippen LogP contribution in [0.5, 0.6) is 0 Å². The third-order valence-electron chi connectivity index (χ3n) is 6.06. The fourth-order valence-electron chi connectivity index (χ4n) is 4.07. The summed E-state index contributed by atoms with van der Waals surface area (Å²) < 4.78 is 0. The number of nitrogens with zero attached hydrogens (tertiary/aromatic N) is 1. The summed E-state index contributed by atoms with van der Waals surface area (Å²) in [4.78, 5) is 26.8. The number of amides is 2. The molecule has 1 N–H and O–H groups in total. The largest absolute Gasteiger partial charge is 0.353 e. The molecular weight excluding hydrogens is 276 g/mol. The number of nitrogens with one attached hydrogen (secondary N) is 1. The van der Waals surface area contributed by atoms with Crippen molar-refractivity contribution >= 4 is 11.8 Å². The van der Waals surface area contributed by atoms with Crippen LogP contribution >= 0.6 is 0 Å². The summed E-state index contributed by atoms with van der Waals surface area (Å²) in [7, 11) is 0. The maximum atomic E-state index is 12.6. The summed E-state index contributed by atoms with van der Waals surface area (Å²) in [5.41, 5.74) is 0. The molecule has 3 rings (SSSR count). The van der Waals surface area contributed by atoms with Crippen LogP contribution in [-0.4, -0.2) is 35.8 Å². The SMILES string of the molecule is C[C@@H]1[C@H](C)CCC[C@@H]1NC(=O)[C@H]1CCCN(C(=O)C2CC2)C1. The molecule has 4 nitrogen and oxygen atoms in total. The van der Waals surface area contributed by atoms with Gasteiger partial charge < -0.3 is 10.2 Å². The summed E-state index contributed by atoms with van der Waals surface area (Å²) in [5, 5.41) is 3.30. The minimum absolute atomic E-state index is 0.000817. The molecule has 0 spiro atoms. The lowest BCUT2D eigenvalue weighted by atomic mass is 9.78. The molecule has 0 aromatic rings. The van der Waals surface area contributed by atoms with Gasteiger partial charge in [-0.25, -0.2) is 0 Å². The van der Waals surface area contributed by atoms with E-state index in [1.165, 1.54) is 12.8 Å². The van der Waals surface area contributed by atoms with Gasteiger partial charge in [-0.15, -0.1) is 0 Å². The molecule has 0 aromatic carbocycles. The molecule has 2 amide bonds. The molecule has 0 radical (unpaired) electrons. The van der Waals surface area contributed by atoms with Crippen molar-refractivity contribution in [1.29, 1.82) is 0 Å². The highest BCUT2D eigenvalue weighted by Gasteiger charge is 2.37. The molecule has 4 atom stereocenters. The van der Waals surface area contributed by atoms with Gasteiger partial charge >= 0.3 is 0 Å². The quantitative estimate of drug-likeness (QED) is 0.871. The molecule has 3 fully saturated rings. The first kappa shape index (κ1) is 15.8. The summed E-state index contributed by atoms with van der Waals surface area (Å²) in [6.45, 7) is 6.03. The fraction of sp³-hybridized carbons (Fsp3) is 0.889. The van der Waals surface area contributed by atoms with Crippen molar-refractivity contribution in [1.82, 2.24) is 10.2 Å². The van der Waals surface area contributed by atoms with Crippen molar-refractivity contribution in [2.75, 3.05) is 13.1 Å². The Hall–Kier alpha value is -1.06. The van der Waals surface area contributed by atoms with E-state index in [4.69, 9.17) is 0 Å². The van der Waals surface area contributed by atoms with Gasteiger partial charge in [0.1, 0.15) is 0 Å². The van der Waals surface area contributed by atoms with E-state index in [2.05, 4.69) is 19.2 Å². The Kier molecular flexibility index (Phi) is 4.74. The third kappa shape index (κ3) is 3.47. The summed E-state index contributed by atoms with van der Waals surface area (Å²) in [5.74, 6) is 1.99. The van der Waals surface area contributed by atoms with Crippen LogP contribution < -0.4 is 5.32 Å². The first-order valence-corrected chi connectivity index (χ1v) is 9.15. The van der Waals surface area contributed by atoms with E-state index in [0.717, 1.165) is 38.6 Å². The number of hydrogen-bond acceptors (Lipinski definition) is 2. The summed E-state index contributed by atoms with van der Waals surface area (Å²) in [6.07, 6.45) is 7.58. The minimum Gasteiger partial charge on any atom is -0.353 e. The van der Waals surface area contributed by atoms with Gasteiger partial charge in [-0.3, -0.25) is 9.59 Å². The van der Waals surface area contributed by atoms with E-state index >= 15 is 0 Å². The molecule has 124 valence electrons. The Morgan fingerprint density at radius 3 is 2.45 bits per heavy atom. The van der Waals surface area contributed by atoms with Crippen LogP contribution in [0.1, 0.15) is 58.8 Å². The first-order valence-electron chi connectivity index (χ1n) is 9.15. The monoisotopic (exact) mass is 306 g/mol. The predicted octanol–water partition coefficient (Wildman–Crippen LogP) is 2.58. The molecule has 1 saturated heterocycles. The van der Waals surface area contributed by atoms with E-state index in [0.29, 0.717) is 24.4 Å². The van der Waals surface area contributed by atoms with Gasteiger partial charge in [0.15, 0.2) is 0 Å². The van der Waals surface area contributed by atoms with E-state index in [1.807, 2.05) is 4.90 Å². The van der Waals surface area contributed by atoms with Crippen molar-refractivity contribution in [2.24, 2.45) is 23.7 Å². The maximum absolute atomic E-state index is 12.6. The lowest BCUT2D eigenvalue weighted by Gasteiger charge is -2.37. The van der Waals surface area contributed by atoms with Crippen LogP contribution in [0.25, 0.3) is 0 Å². The number of piperidine rings is 1. The van der Waals surface area contributed by atoms with Gasteiger partial charge in [-0.1, -0.05) is 26.7 Å². The maximum Gasteiger partial charge on any atom is 0.225 e. The van der Waals surface area contributed by atoms with Gasteiger partial charge in [0.2, 0.25) is 11.8 Å². The standard InChI is InChI=1S/C18H30N2O2/c1-12-5-3-7-16(13(12)2)19-17(21)15-6-4-10-20(11-15)18(22)14-8-9-14/h12-16H,3-11H2,1-2H3,(H,19,21)/t12-,13-,15+,16+/m1/s1. The van der Waals surface area contributed by atoms with Crippen LogP contribution in [0.15, 0.2) is 0 Å². The molecule has 0 aromatic heterocycles. The van der Waals surface area contributed by atoms with Crippen molar-refractivity contribution in [3.63, 3.8) is 0 Å². The molecule has 3 aliphatic rings. The van der Waals surface area contributed by atoms with E-state index < -0.39 is 0 Å². The molecule has 1 heterocycles. The second-order valence-electron chi connectivity index (χ2n) is 7.78. The van der Waals surface area contributed by atoms with Gasteiger partial charge in [-0.2, -0.15) is 0 Å². The van der Waals surface area contributed by atoms with Crippen molar-refractivity contribution in [2.45, 2.75) is 64.8 Å². The number of carbonyl (C=O) groups is 2. The molecule has 22 heavy (non-hydrogen) atoms. The van der Waals surface area contributed by atoms with E-state index in [-0.39, 0.29) is 23.7 Å². The lowest BCUT2D eigenvalue weighted by molar-refractivity contribution is -0.137. The highest BCUT2D eigenvalue weighted by molar-refractivity contribution is 5.83. The highest BCUT2D eigenvalue weighted by atomic mass is 16.2. The first-order chi connectivity index (χ1) is 10.6. The smallest absolute Gasteiger partial charge is 0.225 e. The Bertz CT molecular complexity index is 433. The topological polar surface area (TPSA) is 49.4 Å². The second-order valence-corrected chi connectivity index (χ2v) is 7.78. The number of likely N-dealkylation sites (tertiary alicyclic amines) is 1. The van der Waals surface area contributed by atoms with Crippen LogP contribution in [0.4, 0.5) is 0 Å². The van der Waals surface area contributed by atoms with E-state index in [9.17, 15) is 9.59 Å². The molecular formula is C18H30N2O2. The van der Waals surface area contributed by atoms with Crippen molar-refractivity contribution in [3.05, 3.63) is 0 Å². The lowest BCUT2D eigenvalue weighted by Crippen LogP contribution is -2.50. The number of rotatable bonds is 3. The summed E-state index contributed by atoms with van der Waals surface area (Å²) >= 11 is 0. The minimum atomic E-state index is 0.000817. The normalized spacial score (nSPS) is 36.0. The number of carbonyl (C=O) groups excluding carboxylic acids is 2. The molecule has 0 unspecified atom stereocenters. The van der Waals surface area contributed by atoms with E-state index in [1.54, 1.807) is 0 Å². The van der Waals surface area contributed by atoms with Crippen LogP contribution in [0, 0.1) is 23.7 Å². The zero-order valence-corrected chi connectivity index (χ0v) is 14.0. The van der Waals surface area contributed by atoms with Gasteiger partial charge in [0.25, 0.3) is 0 Å². The van der Waals surface area contributed by atoms with Gasteiger partial charge in [0, 0.05) is 25.0 Å². The fourth-order valence-corrected chi connectivity index (χ4v) is 4.07. The second kappa shape index (κ2) is 6.59. The van der Waals surface area contributed by atoms with Crippen molar-refractivity contribution in [3.8, 4) is 0 Å². The zero-order valence-electron chi connectivity index (χ0n) is 14.0. The van der Waals surface area contributed by atoms with Crippen LogP contribution in [-0.2, 0) is 9.59 Å². The van der Waals surface area contributed by atoms with Crippen LogP contribution in [0.3, 0.4) is 0 Å². The summed E-state index contributed by atoms with van der Waals surface area (Å²) in [6, 6.07) is 0.325. The van der Waals surface area contributed by atoms with Crippen LogP contribution in [0.2, 0.25) is 0 Å². The Balaban J connectivity index is 1.53. The third-order valence-corrected chi connectivity index (χ3v) is 6.06. The molecule has 0 bridgehead atoms. The highest BCUT2D eigenvalue weighted by Crippen LogP contribution is 2.33. The van der Waals surface area contributed by atoms with Crippen molar-refractivity contribution < 1.29 is 9.59 Å². The zero-order chi connectivity index (χ0) is 15.7. The van der Waals surface area contributed by atoms with Gasteiger partial charge in [-0.05, 0) is 43.9 Å². The molecule has 2 aliphatic carbocycles. The molecule has 2 saturated carbocycles. The Labute approximate surface area is 134 Å². The molecule has 4 heteroatoms. The average Bonchev–Trinajstić information content (AvgIpc) is 3.36. The van der Waals surface area contributed by atoms with Gasteiger partial charge in [0.05, 0.1) is 5.92 Å². The molecule has 1 aliphatic heterocycles. The predicted molar refractivity (Wildman–Crippen MR) is 86.1 cm³/mol.